The highest BCUT2D eigenvalue weighted by atomic mass is 32.1. The van der Waals surface area contributed by atoms with Crippen molar-refractivity contribution in [1.29, 1.82) is 5.26 Å². The monoisotopic (exact) mass is 432 g/mol. The molecule has 0 bridgehead atoms. The molecule has 1 amide bonds. The number of aromatic nitrogens is 6. The van der Waals surface area contributed by atoms with Crippen LogP contribution in [0, 0.1) is 11.3 Å². The van der Waals surface area contributed by atoms with Crippen LogP contribution < -0.4 is 0 Å². The lowest BCUT2D eigenvalue weighted by Gasteiger charge is -2.33. The molecular weight excluding hydrogens is 412 g/mol. The molecule has 0 spiro atoms. The van der Waals surface area contributed by atoms with Crippen molar-refractivity contribution in [2.24, 2.45) is 7.05 Å². The second-order valence-electron chi connectivity index (χ2n) is 8.06. The molecule has 10 heteroatoms. The van der Waals surface area contributed by atoms with E-state index in [9.17, 15) is 10.1 Å². The number of amides is 1. The first-order chi connectivity index (χ1) is 14.9. The van der Waals surface area contributed by atoms with E-state index >= 15 is 0 Å². The Labute approximate surface area is 182 Å². The second kappa shape index (κ2) is 6.99. The van der Waals surface area contributed by atoms with E-state index in [1.54, 1.807) is 43.5 Å². The molecule has 4 heterocycles. The molecule has 1 N–H and O–H groups in total. The summed E-state index contributed by atoms with van der Waals surface area (Å²) in [4.78, 5) is 32.4. The van der Waals surface area contributed by atoms with Gasteiger partial charge in [-0.25, -0.2) is 19.6 Å². The van der Waals surface area contributed by atoms with Crippen molar-refractivity contribution < 1.29 is 4.79 Å². The molecule has 1 aromatic carbocycles. The number of aryl methyl sites for hydroxylation is 1. The maximum Gasteiger partial charge on any atom is 0.292 e. The molecule has 1 atom stereocenters. The molecule has 1 aliphatic heterocycles. The van der Waals surface area contributed by atoms with Crippen molar-refractivity contribution in [1.82, 2.24) is 34.6 Å². The van der Waals surface area contributed by atoms with Crippen molar-refractivity contribution in [3.05, 3.63) is 58.6 Å². The number of rotatable bonds is 3. The first-order valence-corrected chi connectivity index (χ1v) is 10.7. The van der Waals surface area contributed by atoms with Crippen molar-refractivity contribution in [3.63, 3.8) is 0 Å². The molecule has 0 fully saturated rings. The number of nitriles is 1. The fourth-order valence-electron chi connectivity index (χ4n) is 3.77. The summed E-state index contributed by atoms with van der Waals surface area (Å²) in [6.45, 7) is 3.97. The molecule has 3 aromatic heterocycles. The summed E-state index contributed by atoms with van der Waals surface area (Å²) in [6, 6.07) is 9.70. The fourth-order valence-corrected chi connectivity index (χ4v) is 4.85. The molecule has 1 aliphatic rings. The summed E-state index contributed by atoms with van der Waals surface area (Å²) in [5, 5.41) is 14.6. The van der Waals surface area contributed by atoms with Crippen LogP contribution in [0.25, 0.3) is 10.2 Å². The molecule has 5 rings (SSSR count). The molecule has 0 unspecified atom stereocenters. The summed E-state index contributed by atoms with van der Waals surface area (Å²) >= 11 is 1.56. The number of hydrogen-bond donors (Lipinski definition) is 1. The Morgan fingerprint density at radius 3 is 2.90 bits per heavy atom. The number of imidazole rings is 1. The fraction of sp³-hybridized carbons (Fsp3) is 0.333. The number of fused-ring (bicyclic) bond motifs is 2. The lowest BCUT2D eigenvalue weighted by Crippen LogP contribution is -2.41. The number of thiazole rings is 1. The van der Waals surface area contributed by atoms with Crippen molar-refractivity contribution in [2.75, 3.05) is 6.54 Å². The van der Waals surface area contributed by atoms with Gasteiger partial charge in [0.15, 0.2) is 5.82 Å². The van der Waals surface area contributed by atoms with E-state index in [0.717, 1.165) is 26.6 Å². The largest absolute Gasteiger partial charge is 0.348 e. The summed E-state index contributed by atoms with van der Waals surface area (Å²) < 4.78 is 2.51. The molecule has 156 valence electrons. The average molecular weight is 433 g/mol. The number of para-hydroxylation sites is 1. The van der Waals surface area contributed by atoms with Gasteiger partial charge in [-0.3, -0.25) is 4.79 Å². The van der Waals surface area contributed by atoms with Gasteiger partial charge in [0.25, 0.3) is 5.91 Å². The van der Waals surface area contributed by atoms with Gasteiger partial charge in [0.2, 0.25) is 5.82 Å². The number of carbonyl (C=O) groups is 1. The first-order valence-electron chi connectivity index (χ1n) is 9.90. The van der Waals surface area contributed by atoms with Crippen LogP contribution in [-0.2, 0) is 18.9 Å². The number of aromatic amines is 1. The number of nitrogens with zero attached hydrogens (tertiary/aromatic N) is 7. The van der Waals surface area contributed by atoms with Crippen molar-refractivity contribution in [2.45, 2.75) is 31.7 Å². The Morgan fingerprint density at radius 1 is 1.32 bits per heavy atom. The quantitative estimate of drug-likeness (QED) is 0.532. The maximum absolute atomic E-state index is 13.6. The number of carbonyl (C=O) groups excluding carboxylic acids is 1. The third-order valence-electron chi connectivity index (χ3n) is 5.52. The van der Waals surface area contributed by atoms with Gasteiger partial charge in [-0.05, 0) is 26.0 Å². The minimum Gasteiger partial charge on any atom is -0.348 e. The van der Waals surface area contributed by atoms with E-state index in [1.165, 1.54) is 4.68 Å². The zero-order valence-corrected chi connectivity index (χ0v) is 18.1. The Bertz CT molecular complexity index is 1310. The van der Waals surface area contributed by atoms with Crippen LogP contribution in [0.2, 0.25) is 0 Å². The van der Waals surface area contributed by atoms with Crippen LogP contribution >= 0.6 is 11.3 Å². The summed E-state index contributed by atoms with van der Waals surface area (Å²) in [5.74, 6) is 0.270. The predicted octanol–water partition coefficient (Wildman–Crippen LogP) is 2.74. The summed E-state index contributed by atoms with van der Waals surface area (Å²) in [5.41, 5.74) is 1.82. The van der Waals surface area contributed by atoms with Crippen LogP contribution in [0.4, 0.5) is 0 Å². The van der Waals surface area contributed by atoms with Crippen molar-refractivity contribution in [3.8, 4) is 6.07 Å². The van der Waals surface area contributed by atoms with E-state index in [-0.39, 0.29) is 11.7 Å². The molecule has 4 aromatic rings. The van der Waals surface area contributed by atoms with Crippen LogP contribution in [0.15, 0.2) is 30.6 Å². The topological polar surface area (TPSA) is 116 Å². The minimum absolute atomic E-state index is 0.198. The third-order valence-corrected chi connectivity index (χ3v) is 6.61. The number of benzene rings is 1. The molecular formula is C21H20N8OS. The zero-order valence-electron chi connectivity index (χ0n) is 17.3. The standard InChI is InChI=1S/C21H20N8OS/c1-21(2,10-22)20-26-17(28(3)27-20)19(30)29-9-8-13-15(24-11-23-13)16(29)18-25-12-6-4-5-7-14(12)31-18/h4-7,11,16H,8-9H2,1-3H3,(H,23,24)/t16-/m0/s1. The van der Waals surface area contributed by atoms with Gasteiger partial charge in [0.05, 0.1) is 28.3 Å². The van der Waals surface area contributed by atoms with E-state index in [1.807, 2.05) is 24.3 Å². The lowest BCUT2D eigenvalue weighted by molar-refractivity contribution is 0.0672. The Hall–Kier alpha value is -3.58. The molecule has 0 saturated heterocycles. The first kappa shape index (κ1) is 19.4. The number of hydrogen-bond acceptors (Lipinski definition) is 7. The van der Waals surface area contributed by atoms with Gasteiger partial charge >= 0.3 is 0 Å². The third kappa shape index (κ3) is 3.09. The van der Waals surface area contributed by atoms with Crippen molar-refractivity contribution >= 4 is 27.5 Å². The highest BCUT2D eigenvalue weighted by molar-refractivity contribution is 7.18. The van der Waals surface area contributed by atoms with Crippen LogP contribution in [0.5, 0.6) is 0 Å². The van der Waals surface area contributed by atoms with E-state index in [4.69, 9.17) is 4.98 Å². The van der Waals surface area contributed by atoms with Gasteiger partial charge in [0, 0.05) is 25.7 Å². The highest BCUT2D eigenvalue weighted by Gasteiger charge is 2.39. The summed E-state index contributed by atoms with van der Waals surface area (Å²) in [7, 11) is 1.67. The highest BCUT2D eigenvalue weighted by Crippen LogP contribution is 2.38. The van der Waals surface area contributed by atoms with E-state index in [0.29, 0.717) is 18.8 Å². The van der Waals surface area contributed by atoms with Gasteiger partial charge in [0.1, 0.15) is 16.5 Å². The van der Waals surface area contributed by atoms with Gasteiger partial charge in [-0.1, -0.05) is 12.1 Å². The van der Waals surface area contributed by atoms with E-state index in [2.05, 4.69) is 26.1 Å². The minimum atomic E-state index is -0.889. The molecule has 0 saturated carbocycles. The molecule has 9 nitrogen and oxygen atoms in total. The number of H-pyrrole nitrogens is 1. The average Bonchev–Trinajstić information content (AvgIpc) is 3.49. The Kier molecular flexibility index (Phi) is 4.37. The maximum atomic E-state index is 13.6. The Balaban J connectivity index is 1.59. The van der Waals surface area contributed by atoms with Gasteiger partial charge in [-0.15, -0.1) is 11.3 Å². The van der Waals surface area contributed by atoms with Gasteiger partial charge in [-0.2, -0.15) is 10.4 Å². The molecule has 0 radical (unpaired) electrons. The van der Waals surface area contributed by atoms with Crippen LogP contribution in [0.3, 0.4) is 0 Å². The predicted molar refractivity (Wildman–Crippen MR) is 114 cm³/mol. The normalized spacial score (nSPS) is 16.3. The molecule has 31 heavy (non-hydrogen) atoms. The lowest BCUT2D eigenvalue weighted by atomic mass is 9.95. The van der Waals surface area contributed by atoms with E-state index < -0.39 is 11.5 Å². The zero-order chi connectivity index (χ0) is 21.8. The molecule has 0 aliphatic carbocycles. The second-order valence-corrected chi connectivity index (χ2v) is 9.12. The van der Waals surface area contributed by atoms with Gasteiger partial charge < -0.3 is 9.88 Å². The number of nitrogens with one attached hydrogen (secondary N) is 1. The SMILES string of the molecule is Cn1nc(C(C)(C)C#N)nc1C(=O)N1CCc2[nH]cnc2[C@H]1c1nc2ccccc2s1. The Morgan fingerprint density at radius 2 is 2.13 bits per heavy atom. The summed E-state index contributed by atoms with van der Waals surface area (Å²) in [6.07, 6.45) is 2.33. The van der Waals surface area contributed by atoms with Crippen LogP contribution in [0.1, 0.15) is 52.7 Å². The van der Waals surface area contributed by atoms with Crippen LogP contribution in [-0.4, -0.2) is 47.1 Å². The smallest absolute Gasteiger partial charge is 0.292 e.